The van der Waals surface area contributed by atoms with Crippen molar-refractivity contribution in [3.05, 3.63) is 12.7 Å². The van der Waals surface area contributed by atoms with E-state index in [0.29, 0.717) is 23.6 Å². The first-order chi connectivity index (χ1) is 7.22. The normalized spacial score (nSPS) is 13.2. The van der Waals surface area contributed by atoms with E-state index in [1.54, 1.807) is 6.33 Å². The first-order valence-corrected chi connectivity index (χ1v) is 5.57. The number of aromatic nitrogens is 4. The van der Waals surface area contributed by atoms with Gasteiger partial charge in [-0.1, -0.05) is 0 Å². The van der Waals surface area contributed by atoms with Crippen molar-refractivity contribution >= 4 is 42.2 Å². The van der Waals surface area contributed by atoms with Crippen LogP contribution in [0.15, 0.2) is 12.7 Å². The van der Waals surface area contributed by atoms with Crippen LogP contribution in [0.25, 0.3) is 11.2 Å². The zero-order chi connectivity index (χ0) is 10.8. The molecule has 2 N–H and O–H groups in total. The van der Waals surface area contributed by atoms with Gasteiger partial charge in [0.1, 0.15) is 11.8 Å². The van der Waals surface area contributed by atoms with E-state index >= 15 is 0 Å². The van der Waals surface area contributed by atoms with E-state index in [-0.39, 0.29) is 5.25 Å². The molecule has 2 rings (SSSR count). The van der Waals surface area contributed by atoms with Gasteiger partial charge in [0.25, 0.3) is 0 Å². The second kappa shape index (κ2) is 4.28. The van der Waals surface area contributed by atoms with Gasteiger partial charge in [-0.05, 0) is 0 Å². The van der Waals surface area contributed by atoms with Gasteiger partial charge >= 0.3 is 0 Å². The molecule has 0 spiro atoms. The third kappa shape index (κ3) is 2.03. The number of thiol groups is 2. The molecule has 0 saturated heterocycles. The molecule has 0 aromatic carbocycles. The summed E-state index contributed by atoms with van der Waals surface area (Å²) < 4.78 is 1.90. The fraction of sp³-hybridized carbons (Fsp3) is 0.375. The molecule has 2 aromatic heterocycles. The summed E-state index contributed by atoms with van der Waals surface area (Å²) in [5.41, 5.74) is 7.05. The van der Waals surface area contributed by atoms with Crippen molar-refractivity contribution in [1.82, 2.24) is 19.5 Å². The molecule has 0 radical (unpaired) electrons. The summed E-state index contributed by atoms with van der Waals surface area (Å²) in [6.45, 7) is 0.708. The summed E-state index contributed by atoms with van der Waals surface area (Å²) >= 11 is 8.54. The first-order valence-electron chi connectivity index (χ1n) is 4.42. The van der Waals surface area contributed by atoms with Gasteiger partial charge in [0.15, 0.2) is 11.5 Å². The molecule has 5 nitrogen and oxygen atoms in total. The van der Waals surface area contributed by atoms with Crippen LogP contribution in [0.4, 0.5) is 5.82 Å². The van der Waals surface area contributed by atoms with Crippen molar-refractivity contribution in [2.45, 2.75) is 11.8 Å². The smallest absolute Gasteiger partial charge is 0.165 e. The fourth-order valence-electron chi connectivity index (χ4n) is 1.32. The maximum Gasteiger partial charge on any atom is 0.165 e. The molecule has 0 aliphatic carbocycles. The summed E-state index contributed by atoms with van der Waals surface area (Å²) in [6.07, 6.45) is 3.13. The molecule has 2 heterocycles. The van der Waals surface area contributed by atoms with E-state index in [1.807, 2.05) is 4.57 Å². The molecule has 0 saturated carbocycles. The number of nitrogen functional groups attached to an aromatic ring is 1. The summed E-state index contributed by atoms with van der Waals surface area (Å²) in [5.74, 6) is 1.10. The van der Waals surface area contributed by atoms with Crippen LogP contribution in [0.5, 0.6) is 0 Å². The highest BCUT2D eigenvalue weighted by atomic mass is 32.1. The average Bonchev–Trinajstić information content (AvgIpc) is 2.63. The number of hydrogen-bond donors (Lipinski definition) is 3. The molecule has 0 bridgehead atoms. The lowest BCUT2D eigenvalue weighted by atomic mass is 10.4. The highest BCUT2D eigenvalue weighted by molar-refractivity contribution is 7.84. The zero-order valence-electron chi connectivity index (χ0n) is 7.91. The fourth-order valence-corrected chi connectivity index (χ4v) is 1.61. The summed E-state index contributed by atoms with van der Waals surface area (Å²) in [6, 6.07) is 0. The lowest BCUT2D eigenvalue weighted by Crippen LogP contribution is -2.11. The highest BCUT2D eigenvalue weighted by Crippen LogP contribution is 2.15. The number of nitrogens with two attached hydrogens (primary N) is 1. The second-order valence-corrected chi connectivity index (χ2v) is 4.26. The maximum atomic E-state index is 5.67. The van der Waals surface area contributed by atoms with Gasteiger partial charge < -0.3 is 10.3 Å². The Bertz CT molecular complexity index is 469. The monoisotopic (exact) mass is 241 g/mol. The standard InChI is InChI=1S/C8H11N5S2/c9-7-6-8(11-3-10-7)13(4-12-6)1-5(15)2-14/h3-5,14-15H,1-2H2,(H2,9,10,11). The zero-order valence-corrected chi connectivity index (χ0v) is 9.70. The number of nitrogens with zero attached hydrogens (tertiary/aromatic N) is 4. The molecular formula is C8H11N5S2. The average molecular weight is 241 g/mol. The minimum atomic E-state index is 0.168. The predicted octanol–water partition coefficient (Wildman–Crippen LogP) is 0.637. The van der Waals surface area contributed by atoms with Gasteiger partial charge in [-0.15, -0.1) is 0 Å². The number of rotatable bonds is 3. The molecular weight excluding hydrogens is 230 g/mol. The van der Waals surface area contributed by atoms with Crippen molar-refractivity contribution in [3.8, 4) is 0 Å². The van der Waals surface area contributed by atoms with Crippen molar-refractivity contribution in [3.63, 3.8) is 0 Å². The van der Waals surface area contributed by atoms with Crippen LogP contribution in [0.1, 0.15) is 0 Å². The lowest BCUT2D eigenvalue weighted by Gasteiger charge is -2.08. The summed E-state index contributed by atoms with van der Waals surface area (Å²) in [7, 11) is 0. The Morgan fingerprint density at radius 2 is 2.20 bits per heavy atom. The van der Waals surface area contributed by atoms with E-state index in [9.17, 15) is 0 Å². The van der Waals surface area contributed by atoms with Crippen LogP contribution in [0.2, 0.25) is 0 Å². The Morgan fingerprint density at radius 3 is 2.93 bits per heavy atom. The van der Waals surface area contributed by atoms with E-state index < -0.39 is 0 Å². The lowest BCUT2D eigenvalue weighted by molar-refractivity contribution is 0.713. The van der Waals surface area contributed by atoms with Crippen LogP contribution in [-0.4, -0.2) is 30.5 Å². The molecule has 0 aliphatic rings. The van der Waals surface area contributed by atoms with Crippen molar-refractivity contribution in [1.29, 1.82) is 0 Å². The molecule has 80 valence electrons. The quantitative estimate of drug-likeness (QED) is 0.690. The molecule has 1 unspecified atom stereocenters. The Hall–Kier alpha value is -0.950. The number of hydrogen-bond acceptors (Lipinski definition) is 6. The van der Waals surface area contributed by atoms with Gasteiger partial charge in [-0.2, -0.15) is 25.3 Å². The Morgan fingerprint density at radius 1 is 1.40 bits per heavy atom. The van der Waals surface area contributed by atoms with Crippen molar-refractivity contribution < 1.29 is 0 Å². The van der Waals surface area contributed by atoms with Crippen LogP contribution in [0.3, 0.4) is 0 Å². The van der Waals surface area contributed by atoms with E-state index in [4.69, 9.17) is 5.73 Å². The minimum absolute atomic E-state index is 0.168. The Kier molecular flexibility index (Phi) is 3.01. The number of imidazole rings is 1. The van der Waals surface area contributed by atoms with Crippen molar-refractivity contribution in [2.24, 2.45) is 0 Å². The number of fused-ring (bicyclic) bond motifs is 1. The van der Waals surface area contributed by atoms with Gasteiger partial charge in [-0.3, -0.25) is 0 Å². The van der Waals surface area contributed by atoms with Gasteiger partial charge in [0, 0.05) is 17.5 Å². The van der Waals surface area contributed by atoms with E-state index in [0.717, 1.165) is 5.65 Å². The molecule has 0 fully saturated rings. The molecule has 7 heteroatoms. The van der Waals surface area contributed by atoms with Gasteiger partial charge in [0.2, 0.25) is 0 Å². The largest absolute Gasteiger partial charge is 0.382 e. The van der Waals surface area contributed by atoms with E-state index in [1.165, 1.54) is 6.33 Å². The molecule has 0 aliphatic heterocycles. The van der Waals surface area contributed by atoms with Crippen LogP contribution >= 0.6 is 25.3 Å². The van der Waals surface area contributed by atoms with Crippen LogP contribution < -0.4 is 5.73 Å². The van der Waals surface area contributed by atoms with E-state index in [2.05, 4.69) is 40.2 Å². The third-order valence-corrected chi connectivity index (χ3v) is 3.12. The topological polar surface area (TPSA) is 69.6 Å². The maximum absolute atomic E-state index is 5.67. The number of anilines is 1. The Labute approximate surface area is 97.9 Å². The molecule has 0 amide bonds. The van der Waals surface area contributed by atoms with Crippen molar-refractivity contribution in [2.75, 3.05) is 11.5 Å². The van der Waals surface area contributed by atoms with Gasteiger partial charge in [0.05, 0.1) is 6.33 Å². The second-order valence-electron chi connectivity index (χ2n) is 3.16. The highest BCUT2D eigenvalue weighted by Gasteiger charge is 2.09. The Balaban J connectivity index is 2.41. The van der Waals surface area contributed by atoms with Gasteiger partial charge in [-0.25, -0.2) is 15.0 Å². The molecule has 2 aromatic rings. The molecule has 15 heavy (non-hydrogen) atoms. The first kappa shape index (κ1) is 10.6. The van der Waals surface area contributed by atoms with Crippen LogP contribution in [-0.2, 0) is 6.54 Å². The summed E-state index contributed by atoms with van der Waals surface area (Å²) in [4.78, 5) is 12.2. The summed E-state index contributed by atoms with van der Waals surface area (Å²) in [5, 5.41) is 0.168. The third-order valence-electron chi connectivity index (χ3n) is 2.05. The predicted molar refractivity (Wildman–Crippen MR) is 66.4 cm³/mol. The van der Waals surface area contributed by atoms with Crippen LogP contribution in [0, 0.1) is 0 Å². The minimum Gasteiger partial charge on any atom is -0.382 e. The SMILES string of the molecule is Nc1ncnc2c1ncn2CC(S)CS. The molecule has 1 atom stereocenters.